The lowest BCUT2D eigenvalue weighted by molar-refractivity contribution is -0.135. The van der Waals surface area contributed by atoms with Crippen molar-refractivity contribution in [2.75, 3.05) is 37.6 Å². The molecule has 1 saturated heterocycles. The molecule has 6 nitrogen and oxygen atoms in total. The number of piperidine rings is 1. The van der Waals surface area contributed by atoms with E-state index in [4.69, 9.17) is 0 Å². The Kier molecular flexibility index (Phi) is 5.56. The van der Waals surface area contributed by atoms with E-state index >= 15 is 0 Å². The van der Waals surface area contributed by atoms with E-state index in [-0.39, 0.29) is 23.8 Å². The molecule has 2 fully saturated rings. The number of hydrogen-bond acceptors (Lipinski definition) is 4. The Morgan fingerprint density at radius 2 is 1.72 bits per heavy atom. The second-order valence-corrected chi connectivity index (χ2v) is 9.32. The molecule has 1 aromatic rings. The van der Waals surface area contributed by atoms with E-state index in [0.717, 1.165) is 71.1 Å². The summed E-state index contributed by atoms with van der Waals surface area (Å²) in [5, 5.41) is 13.9. The topological polar surface area (TPSA) is 72.9 Å². The lowest BCUT2D eigenvalue weighted by Crippen LogP contribution is -2.51. The molecule has 1 aromatic carbocycles. The van der Waals surface area contributed by atoms with Crippen LogP contribution < -0.4 is 10.2 Å². The van der Waals surface area contributed by atoms with E-state index in [2.05, 4.69) is 34.5 Å². The van der Waals surface area contributed by atoms with Gasteiger partial charge in [0.05, 0.1) is 12.1 Å². The van der Waals surface area contributed by atoms with E-state index in [9.17, 15) is 14.7 Å². The van der Waals surface area contributed by atoms with Gasteiger partial charge in [0.25, 0.3) is 0 Å². The first-order valence-corrected chi connectivity index (χ1v) is 11.0. The van der Waals surface area contributed by atoms with Crippen molar-refractivity contribution in [1.82, 2.24) is 10.2 Å². The van der Waals surface area contributed by atoms with Crippen LogP contribution in [0, 0.1) is 5.41 Å². The number of β-amino-alcohol motifs (C(OH)–C–C–N with tert-alkyl or cyclic N) is 1. The van der Waals surface area contributed by atoms with Crippen LogP contribution in [-0.2, 0) is 16.0 Å². The number of hydrogen-bond donors (Lipinski definition) is 2. The molecule has 158 valence electrons. The number of rotatable bonds is 4. The number of benzene rings is 1. The third-order valence-corrected chi connectivity index (χ3v) is 7.38. The number of likely N-dealkylation sites (tertiary alicyclic amines) is 1. The van der Waals surface area contributed by atoms with Crippen molar-refractivity contribution in [2.24, 2.45) is 5.41 Å². The standard InChI is InChI=1S/C23H33N3O3/c1-18(27)24-16-21(28)25-14-11-22(12-15-25)7-9-23(29,10-8-22)17-26-13-6-19-4-2-3-5-20(19)26/h2-5,29H,6-17H2,1H3,(H,24,27). The number of amides is 2. The van der Waals surface area contributed by atoms with Gasteiger partial charge in [-0.25, -0.2) is 0 Å². The number of nitrogens with one attached hydrogen (secondary N) is 1. The summed E-state index contributed by atoms with van der Waals surface area (Å²) in [5.74, 6) is -0.158. The van der Waals surface area contributed by atoms with Crippen LogP contribution in [0.2, 0.25) is 0 Å². The average molecular weight is 400 g/mol. The number of carbonyl (C=O) groups excluding carboxylic acids is 2. The molecule has 1 spiro atoms. The van der Waals surface area contributed by atoms with Crippen LogP contribution in [-0.4, -0.2) is 60.1 Å². The van der Waals surface area contributed by atoms with Crippen LogP contribution >= 0.6 is 0 Å². The number of nitrogens with zero attached hydrogens (tertiary/aromatic N) is 2. The van der Waals surface area contributed by atoms with Crippen LogP contribution in [0.1, 0.15) is 51.0 Å². The van der Waals surface area contributed by atoms with Crippen molar-refractivity contribution >= 4 is 17.5 Å². The Bertz CT molecular complexity index is 760. The van der Waals surface area contributed by atoms with Crippen molar-refractivity contribution in [3.05, 3.63) is 29.8 Å². The average Bonchev–Trinajstić information content (AvgIpc) is 3.12. The Morgan fingerprint density at radius 1 is 1.03 bits per heavy atom. The van der Waals surface area contributed by atoms with Crippen molar-refractivity contribution in [2.45, 2.75) is 57.5 Å². The monoisotopic (exact) mass is 399 g/mol. The Hall–Kier alpha value is -2.08. The molecule has 2 N–H and O–H groups in total. The van der Waals surface area contributed by atoms with Gasteiger partial charge in [-0.05, 0) is 62.0 Å². The molecule has 0 aromatic heterocycles. The molecule has 1 aliphatic carbocycles. The van der Waals surface area contributed by atoms with Crippen molar-refractivity contribution in [1.29, 1.82) is 0 Å². The highest BCUT2D eigenvalue weighted by Gasteiger charge is 2.44. The molecular formula is C23H33N3O3. The van der Waals surface area contributed by atoms with Crippen LogP contribution in [0.5, 0.6) is 0 Å². The molecule has 0 bridgehead atoms. The SMILES string of the molecule is CC(=O)NCC(=O)N1CCC2(CC1)CCC(O)(CN1CCc3ccccc31)CC2. The third kappa shape index (κ3) is 4.42. The second-order valence-electron chi connectivity index (χ2n) is 9.32. The Labute approximate surface area is 173 Å². The molecule has 2 aliphatic heterocycles. The minimum absolute atomic E-state index is 0.00932. The van der Waals surface area contributed by atoms with Gasteiger partial charge >= 0.3 is 0 Å². The number of para-hydroxylation sites is 1. The summed E-state index contributed by atoms with van der Waals surface area (Å²) >= 11 is 0. The van der Waals surface area contributed by atoms with Gasteiger partial charge in [-0.1, -0.05) is 18.2 Å². The number of fused-ring (bicyclic) bond motifs is 1. The van der Waals surface area contributed by atoms with Crippen LogP contribution in [0.3, 0.4) is 0 Å². The third-order valence-electron chi connectivity index (χ3n) is 7.38. The van der Waals surface area contributed by atoms with Gasteiger partial charge in [0.15, 0.2) is 0 Å². The summed E-state index contributed by atoms with van der Waals surface area (Å²) in [5.41, 5.74) is 2.33. The van der Waals surface area contributed by atoms with Gasteiger partial charge in [0, 0.05) is 38.8 Å². The van der Waals surface area contributed by atoms with Crippen LogP contribution in [0.15, 0.2) is 24.3 Å². The summed E-state index contributed by atoms with van der Waals surface area (Å²) in [6.07, 6.45) is 6.82. The van der Waals surface area contributed by atoms with E-state index in [0.29, 0.717) is 0 Å². The number of carbonyl (C=O) groups is 2. The maximum atomic E-state index is 12.2. The highest BCUT2D eigenvalue weighted by Crippen LogP contribution is 2.48. The van der Waals surface area contributed by atoms with Crippen molar-refractivity contribution < 1.29 is 14.7 Å². The molecule has 6 heteroatoms. The molecule has 4 rings (SSSR count). The van der Waals surface area contributed by atoms with Crippen LogP contribution in [0.25, 0.3) is 0 Å². The predicted octanol–water partition coefficient (Wildman–Crippen LogP) is 2.10. The molecule has 0 unspecified atom stereocenters. The lowest BCUT2D eigenvalue weighted by Gasteiger charge is -2.49. The summed E-state index contributed by atoms with van der Waals surface area (Å²) in [4.78, 5) is 27.5. The molecular weight excluding hydrogens is 366 g/mol. The summed E-state index contributed by atoms with van der Waals surface area (Å²) < 4.78 is 0. The fourth-order valence-corrected chi connectivity index (χ4v) is 5.37. The predicted molar refractivity (Wildman–Crippen MR) is 113 cm³/mol. The molecule has 0 radical (unpaired) electrons. The van der Waals surface area contributed by atoms with Gasteiger partial charge < -0.3 is 20.2 Å². The quantitative estimate of drug-likeness (QED) is 0.813. The molecule has 2 amide bonds. The first kappa shape index (κ1) is 20.2. The fraction of sp³-hybridized carbons (Fsp3) is 0.652. The van der Waals surface area contributed by atoms with Crippen LogP contribution in [0.4, 0.5) is 5.69 Å². The molecule has 29 heavy (non-hydrogen) atoms. The number of anilines is 1. The van der Waals surface area contributed by atoms with E-state index in [1.54, 1.807) is 0 Å². The first-order valence-electron chi connectivity index (χ1n) is 11.0. The zero-order chi connectivity index (χ0) is 20.5. The first-order chi connectivity index (χ1) is 13.9. The van der Waals surface area contributed by atoms with Gasteiger partial charge in [-0.15, -0.1) is 0 Å². The fourth-order valence-electron chi connectivity index (χ4n) is 5.37. The number of aliphatic hydroxyl groups is 1. The van der Waals surface area contributed by atoms with Gasteiger partial charge in [0.1, 0.15) is 0 Å². The Morgan fingerprint density at radius 3 is 2.41 bits per heavy atom. The second kappa shape index (κ2) is 7.98. The Balaban J connectivity index is 1.28. The highest BCUT2D eigenvalue weighted by atomic mass is 16.3. The van der Waals surface area contributed by atoms with E-state index in [1.165, 1.54) is 18.2 Å². The largest absolute Gasteiger partial charge is 0.388 e. The molecule has 2 heterocycles. The zero-order valence-electron chi connectivity index (χ0n) is 17.5. The lowest BCUT2D eigenvalue weighted by atomic mass is 9.64. The van der Waals surface area contributed by atoms with Gasteiger partial charge in [-0.2, -0.15) is 0 Å². The zero-order valence-corrected chi connectivity index (χ0v) is 17.5. The molecule has 0 atom stereocenters. The molecule has 1 saturated carbocycles. The van der Waals surface area contributed by atoms with Gasteiger partial charge in [-0.3, -0.25) is 9.59 Å². The van der Waals surface area contributed by atoms with Crippen molar-refractivity contribution in [3.8, 4) is 0 Å². The van der Waals surface area contributed by atoms with Gasteiger partial charge in [0.2, 0.25) is 11.8 Å². The summed E-state index contributed by atoms with van der Waals surface area (Å²) in [7, 11) is 0. The normalized spacial score (nSPS) is 22.4. The smallest absolute Gasteiger partial charge is 0.241 e. The summed E-state index contributed by atoms with van der Waals surface area (Å²) in [6.45, 7) is 4.77. The van der Waals surface area contributed by atoms with E-state index < -0.39 is 5.60 Å². The van der Waals surface area contributed by atoms with E-state index in [1.807, 2.05) is 4.90 Å². The van der Waals surface area contributed by atoms with Crippen molar-refractivity contribution in [3.63, 3.8) is 0 Å². The maximum Gasteiger partial charge on any atom is 0.241 e. The minimum atomic E-state index is -0.610. The molecule has 3 aliphatic rings. The maximum absolute atomic E-state index is 12.2. The highest BCUT2D eigenvalue weighted by molar-refractivity contribution is 5.83. The summed E-state index contributed by atoms with van der Waals surface area (Å²) in [6, 6.07) is 8.53. The minimum Gasteiger partial charge on any atom is -0.388 e.